The Morgan fingerprint density at radius 3 is 2.36 bits per heavy atom. The second-order valence-electron chi connectivity index (χ2n) is 7.90. The number of ether oxygens (including phenoxy) is 1. The summed E-state index contributed by atoms with van der Waals surface area (Å²) in [6, 6.07) is 4.09. The van der Waals surface area contributed by atoms with Gasteiger partial charge in [0.25, 0.3) is 0 Å². The first-order valence-electron chi connectivity index (χ1n) is 8.30. The van der Waals surface area contributed by atoms with Crippen molar-refractivity contribution in [3.05, 3.63) is 23.7 Å². The molecule has 0 aromatic carbocycles. The predicted molar refractivity (Wildman–Crippen MR) is 84.8 cm³/mol. The molecule has 1 aromatic heterocycles. The average molecular weight is 305 g/mol. The molecule has 1 aliphatic heterocycles. The van der Waals surface area contributed by atoms with Gasteiger partial charge in [0.2, 0.25) is 5.91 Å². The molecule has 0 spiro atoms. The zero-order valence-electron chi connectivity index (χ0n) is 14.3. The largest absolute Gasteiger partial charge is 0.465 e. The van der Waals surface area contributed by atoms with E-state index in [0.29, 0.717) is 13.1 Å². The Hall–Kier alpha value is -1.29. The van der Waals surface area contributed by atoms with Crippen molar-refractivity contribution in [1.29, 1.82) is 0 Å². The van der Waals surface area contributed by atoms with Gasteiger partial charge in [-0.25, -0.2) is 0 Å². The second-order valence-corrected chi connectivity index (χ2v) is 7.90. The highest BCUT2D eigenvalue weighted by Crippen LogP contribution is 2.49. The molecule has 2 aliphatic rings. The molecule has 1 saturated carbocycles. The summed E-state index contributed by atoms with van der Waals surface area (Å²) in [5.74, 6) is 2.58. The van der Waals surface area contributed by atoms with E-state index in [1.165, 1.54) is 0 Å². The average Bonchev–Trinajstić information content (AvgIpc) is 3.03. The lowest BCUT2D eigenvalue weighted by atomic mass is 9.94. The summed E-state index contributed by atoms with van der Waals surface area (Å²) in [6.45, 7) is 11.9. The quantitative estimate of drug-likeness (QED) is 0.842. The van der Waals surface area contributed by atoms with Crippen molar-refractivity contribution in [2.75, 3.05) is 13.1 Å². The fourth-order valence-electron chi connectivity index (χ4n) is 3.33. The normalized spacial score (nSPS) is 32.1. The first kappa shape index (κ1) is 15.6. The molecule has 4 atom stereocenters. The highest BCUT2D eigenvalue weighted by Gasteiger charge is 2.48. The number of amides is 1. The molecule has 4 heteroatoms. The van der Waals surface area contributed by atoms with Gasteiger partial charge >= 0.3 is 0 Å². The Balaban J connectivity index is 1.64. The van der Waals surface area contributed by atoms with Crippen LogP contribution in [0, 0.1) is 5.92 Å². The Kier molecular flexibility index (Phi) is 3.84. The second kappa shape index (κ2) is 5.41. The van der Waals surface area contributed by atoms with Crippen molar-refractivity contribution in [2.24, 2.45) is 5.92 Å². The summed E-state index contributed by atoms with van der Waals surface area (Å²) < 4.78 is 11.7. The summed E-state index contributed by atoms with van der Waals surface area (Å²) in [7, 11) is 0. The predicted octanol–water partition coefficient (Wildman–Crippen LogP) is 3.32. The zero-order valence-corrected chi connectivity index (χ0v) is 14.3. The molecule has 1 aliphatic carbocycles. The van der Waals surface area contributed by atoms with E-state index in [1.807, 2.05) is 30.9 Å². The van der Waals surface area contributed by atoms with E-state index in [0.717, 1.165) is 17.9 Å². The Labute approximate surface area is 132 Å². The van der Waals surface area contributed by atoms with Crippen LogP contribution in [0.5, 0.6) is 0 Å². The third-order valence-electron chi connectivity index (χ3n) is 4.57. The van der Waals surface area contributed by atoms with Crippen LogP contribution in [0.25, 0.3) is 0 Å². The maximum Gasteiger partial charge on any atom is 0.226 e. The van der Waals surface area contributed by atoms with Crippen LogP contribution in [0.3, 0.4) is 0 Å². The van der Waals surface area contributed by atoms with Crippen LogP contribution in [0.1, 0.15) is 58.5 Å². The molecule has 0 radical (unpaired) electrons. The number of hydrogen-bond acceptors (Lipinski definition) is 3. The van der Waals surface area contributed by atoms with Gasteiger partial charge in [0.1, 0.15) is 11.5 Å². The SMILES string of the molecule is C[C@@H]1CN(C(=O)[C@@H]2C[C@H]2c2ccc(C(C)(C)C)o2)C[C@H](C)O1. The summed E-state index contributed by atoms with van der Waals surface area (Å²) >= 11 is 0. The summed E-state index contributed by atoms with van der Waals surface area (Å²) in [5, 5.41) is 0. The third-order valence-corrected chi connectivity index (χ3v) is 4.57. The summed E-state index contributed by atoms with van der Waals surface area (Å²) in [6.07, 6.45) is 1.16. The van der Waals surface area contributed by atoms with Crippen molar-refractivity contribution >= 4 is 5.91 Å². The molecule has 122 valence electrons. The number of carbonyl (C=O) groups excluding carboxylic acids is 1. The third kappa shape index (κ3) is 3.07. The van der Waals surface area contributed by atoms with Crippen molar-refractivity contribution < 1.29 is 13.9 Å². The molecule has 2 heterocycles. The minimum Gasteiger partial charge on any atom is -0.465 e. The molecule has 3 rings (SSSR count). The van der Waals surface area contributed by atoms with Gasteiger partial charge in [-0.3, -0.25) is 4.79 Å². The van der Waals surface area contributed by atoms with Crippen LogP contribution in [0.15, 0.2) is 16.5 Å². The van der Waals surface area contributed by atoms with Gasteiger partial charge in [0.15, 0.2) is 0 Å². The Morgan fingerprint density at radius 2 is 1.82 bits per heavy atom. The van der Waals surface area contributed by atoms with Gasteiger partial charge in [-0.2, -0.15) is 0 Å². The molecule has 0 N–H and O–H groups in total. The van der Waals surface area contributed by atoms with Gasteiger partial charge < -0.3 is 14.1 Å². The number of furan rings is 1. The topological polar surface area (TPSA) is 42.7 Å². The Morgan fingerprint density at radius 1 is 1.18 bits per heavy atom. The van der Waals surface area contributed by atoms with Gasteiger partial charge in [-0.15, -0.1) is 0 Å². The number of carbonyl (C=O) groups is 1. The van der Waals surface area contributed by atoms with Crippen LogP contribution in [-0.4, -0.2) is 36.1 Å². The molecule has 4 nitrogen and oxygen atoms in total. The van der Waals surface area contributed by atoms with Crippen LogP contribution >= 0.6 is 0 Å². The van der Waals surface area contributed by atoms with E-state index >= 15 is 0 Å². The molecule has 1 saturated heterocycles. The van der Waals surface area contributed by atoms with Crippen molar-refractivity contribution in [3.8, 4) is 0 Å². The Bertz CT molecular complexity index is 547. The standard InChI is InChI=1S/C18H27NO3/c1-11-9-19(10-12(2)21-11)17(20)14-8-13(14)15-6-7-16(22-15)18(3,4)5/h6-7,11-14H,8-10H2,1-5H3/t11-,12+,13-,14-/m1/s1. The van der Waals surface area contributed by atoms with Gasteiger partial charge in [-0.05, 0) is 32.4 Å². The maximum atomic E-state index is 12.7. The minimum atomic E-state index is 0.0156. The summed E-state index contributed by atoms with van der Waals surface area (Å²) in [4.78, 5) is 14.6. The van der Waals surface area contributed by atoms with Gasteiger partial charge in [-0.1, -0.05) is 20.8 Å². The zero-order chi connectivity index (χ0) is 16.1. The van der Waals surface area contributed by atoms with E-state index in [2.05, 4.69) is 20.8 Å². The van der Waals surface area contributed by atoms with E-state index in [9.17, 15) is 4.79 Å². The lowest BCUT2D eigenvalue weighted by Crippen LogP contribution is -2.48. The van der Waals surface area contributed by atoms with Crippen LogP contribution in [0.4, 0.5) is 0 Å². The number of hydrogen-bond donors (Lipinski definition) is 0. The number of morpholine rings is 1. The molecule has 0 unspecified atom stereocenters. The summed E-state index contributed by atoms with van der Waals surface area (Å²) in [5.41, 5.74) is 0.0156. The fourth-order valence-corrected chi connectivity index (χ4v) is 3.33. The fraction of sp³-hybridized carbons (Fsp3) is 0.722. The van der Waals surface area contributed by atoms with Crippen LogP contribution in [-0.2, 0) is 14.9 Å². The molecule has 0 bridgehead atoms. The first-order valence-corrected chi connectivity index (χ1v) is 8.30. The maximum absolute atomic E-state index is 12.7. The molecule has 1 aromatic rings. The molecular formula is C18H27NO3. The van der Waals surface area contributed by atoms with Crippen molar-refractivity contribution in [1.82, 2.24) is 4.90 Å². The van der Waals surface area contributed by atoms with Crippen LogP contribution < -0.4 is 0 Å². The van der Waals surface area contributed by atoms with Gasteiger partial charge in [0, 0.05) is 30.3 Å². The molecule has 22 heavy (non-hydrogen) atoms. The highest BCUT2D eigenvalue weighted by atomic mass is 16.5. The first-order chi connectivity index (χ1) is 10.3. The monoisotopic (exact) mass is 305 g/mol. The number of nitrogens with zero attached hydrogens (tertiary/aromatic N) is 1. The number of rotatable bonds is 2. The van der Waals surface area contributed by atoms with E-state index in [1.54, 1.807) is 0 Å². The van der Waals surface area contributed by atoms with Crippen molar-refractivity contribution in [2.45, 2.75) is 64.6 Å². The van der Waals surface area contributed by atoms with E-state index in [-0.39, 0.29) is 35.4 Å². The lowest BCUT2D eigenvalue weighted by Gasteiger charge is -2.35. The highest BCUT2D eigenvalue weighted by molar-refractivity contribution is 5.83. The van der Waals surface area contributed by atoms with Crippen LogP contribution in [0.2, 0.25) is 0 Å². The van der Waals surface area contributed by atoms with E-state index < -0.39 is 0 Å². The molecular weight excluding hydrogens is 278 g/mol. The minimum absolute atomic E-state index is 0.0156. The van der Waals surface area contributed by atoms with Gasteiger partial charge in [0.05, 0.1) is 12.2 Å². The molecule has 1 amide bonds. The van der Waals surface area contributed by atoms with Crippen molar-refractivity contribution in [3.63, 3.8) is 0 Å². The smallest absolute Gasteiger partial charge is 0.226 e. The molecule has 2 fully saturated rings. The van der Waals surface area contributed by atoms with E-state index in [4.69, 9.17) is 9.15 Å². The lowest BCUT2D eigenvalue weighted by molar-refractivity contribution is -0.144.